The minimum Gasteiger partial charge on any atom is -0.278 e. The summed E-state index contributed by atoms with van der Waals surface area (Å²) in [6, 6.07) is 10.3. The summed E-state index contributed by atoms with van der Waals surface area (Å²) in [5.74, 6) is 2.96. The van der Waals surface area contributed by atoms with E-state index in [4.69, 9.17) is 0 Å². The van der Waals surface area contributed by atoms with Crippen molar-refractivity contribution in [2.75, 3.05) is 4.72 Å². The van der Waals surface area contributed by atoms with E-state index in [1.807, 2.05) is 6.92 Å². The maximum atomic E-state index is 12.6. The minimum absolute atomic E-state index is 0.0821. The molecule has 0 saturated carbocycles. The lowest BCUT2D eigenvalue weighted by Crippen LogP contribution is -2.17. The summed E-state index contributed by atoms with van der Waals surface area (Å²) < 4.78 is 27.7. The topological polar surface area (TPSA) is 89.3 Å². The Bertz CT molecular complexity index is 998. The molecule has 0 spiro atoms. The van der Waals surface area contributed by atoms with Gasteiger partial charge in [-0.1, -0.05) is 43.3 Å². The van der Waals surface area contributed by atoms with Crippen LogP contribution in [0.5, 0.6) is 0 Å². The number of hydrogen-bond acceptors (Lipinski definition) is 4. The van der Waals surface area contributed by atoms with Crippen molar-refractivity contribution in [3.63, 3.8) is 0 Å². The summed E-state index contributed by atoms with van der Waals surface area (Å²) in [7, 11) is -5.58. The quantitative estimate of drug-likeness (QED) is 0.372. The molecule has 0 aliphatic carbocycles. The molecule has 0 aliphatic heterocycles. The fraction of sp³-hybridized carbons (Fsp3) is 0.222. The van der Waals surface area contributed by atoms with Crippen molar-refractivity contribution in [2.24, 2.45) is 0 Å². The van der Waals surface area contributed by atoms with Gasteiger partial charge in [-0.15, -0.1) is 5.54 Å². The smallest absolute Gasteiger partial charge is 0.271 e. The highest BCUT2D eigenvalue weighted by Gasteiger charge is 2.18. The Labute approximate surface area is 154 Å². The number of nitro benzene ring substituents is 1. The van der Waals surface area contributed by atoms with Crippen LogP contribution in [0.15, 0.2) is 47.4 Å². The van der Waals surface area contributed by atoms with E-state index < -0.39 is 23.0 Å². The third-order valence-corrected chi connectivity index (χ3v) is 5.62. The molecule has 1 N–H and O–H groups in total. The van der Waals surface area contributed by atoms with E-state index in [9.17, 15) is 18.5 Å². The fourth-order valence-corrected chi connectivity index (χ4v) is 3.60. The summed E-state index contributed by atoms with van der Waals surface area (Å²) in [5.41, 5.74) is 4.39. The predicted molar refractivity (Wildman–Crippen MR) is 105 cm³/mol. The van der Waals surface area contributed by atoms with Gasteiger partial charge in [0.15, 0.2) is 0 Å². The van der Waals surface area contributed by atoms with Crippen LogP contribution in [0.2, 0.25) is 19.6 Å². The van der Waals surface area contributed by atoms with Gasteiger partial charge in [0.1, 0.15) is 8.07 Å². The van der Waals surface area contributed by atoms with Crippen LogP contribution in [0.3, 0.4) is 0 Å². The molecule has 0 amide bonds. The normalized spacial score (nSPS) is 11.4. The van der Waals surface area contributed by atoms with Crippen molar-refractivity contribution >= 4 is 29.5 Å². The molecular formula is C18H20N2O4SSi. The van der Waals surface area contributed by atoms with Gasteiger partial charge >= 0.3 is 0 Å². The second-order valence-corrected chi connectivity index (χ2v) is 13.3. The number of sulfonamides is 1. The third-order valence-electron chi connectivity index (χ3n) is 3.36. The number of nitrogens with zero attached hydrogens (tertiary/aromatic N) is 1. The molecule has 0 radical (unpaired) electrons. The highest BCUT2D eigenvalue weighted by Crippen LogP contribution is 2.25. The third kappa shape index (κ3) is 5.18. The molecule has 0 aliphatic rings. The molecule has 0 atom stereocenters. The lowest BCUT2D eigenvalue weighted by Gasteiger charge is -2.11. The molecule has 0 aromatic heterocycles. The lowest BCUT2D eigenvalue weighted by atomic mass is 10.2. The lowest BCUT2D eigenvalue weighted by molar-refractivity contribution is -0.384. The van der Waals surface area contributed by atoms with Gasteiger partial charge in [0, 0.05) is 17.7 Å². The average molecular weight is 389 g/mol. The first kappa shape index (κ1) is 19.7. The molecule has 136 valence electrons. The summed E-state index contributed by atoms with van der Waals surface area (Å²) in [4.78, 5) is 10.6. The van der Waals surface area contributed by atoms with Crippen molar-refractivity contribution < 1.29 is 13.3 Å². The number of rotatable bonds is 4. The van der Waals surface area contributed by atoms with Gasteiger partial charge in [0.05, 0.1) is 15.5 Å². The van der Waals surface area contributed by atoms with E-state index in [1.165, 1.54) is 30.3 Å². The predicted octanol–water partition coefficient (Wildman–Crippen LogP) is 3.93. The average Bonchev–Trinajstić information content (AvgIpc) is 2.52. The summed E-state index contributed by atoms with van der Waals surface area (Å²) >= 11 is 0. The first-order chi connectivity index (χ1) is 12.0. The number of aryl methyl sites for hydroxylation is 1. The van der Waals surface area contributed by atoms with E-state index in [1.54, 1.807) is 12.1 Å². The highest BCUT2D eigenvalue weighted by molar-refractivity contribution is 7.92. The van der Waals surface area contributed by atoms with Crippen LogP contribution in [0.1, 0.15) is 11.1 Å². The van der Waals surface area contributed by atoms with E-state index in [0.29, 0.717) is 5.56 Å². The molecule has 0 bridgehead atoms. The molecule has 8 heteroatoms. The standard InChI is InChI=1S/C18H20N2O4SSi/c1-14-5-9-17(10-6-14)25(23,24)19-18-13-16(20(21)22)8-7-15(18)11-12-26(2,3)4/h5-10,13,19H,1-4H3. The van der Waals surface area contributed by atoms with E-state index in [2.05, 4.69) is 35.8 Å². The molecule has 0 heterocycles. The Kier molecular flexibility index (Phi) is 5.54. The van der Waals surface area contributed by atoms with Gasteiger partial charge in [-0.05, 0) is 25.1 Å². The molecule has 26 heavy (non-hydrogen) atoms. The molecule has 0 saturated heterocycles. The zero-order valence-corrected chi connectivity index (χ0v) is 16.8. The fourth-order valence-electron chi connectivity index (χ4n) is 2.02. The molecule has 6 nitrogen and oxygen atoms in total. The Morgan fingerprint density at radius 1 is 1.08 bits per heavy atom. The van der Waals surface area contributed by atoms with Gasteiger partial charge in [-0.2, -0.15) is 0 Å². The summed E-state index contributed by atoms with van der Waals surface area (Å²) in [6.07, 6.45) is 0. The van der Waals surface area contributed by atoms with Crippen molar-refractivity contribution in [2.45, 2.75) is 31.5 Å². The molecule has 2 rings (SSSR count). The number of benzene rings is 2. The zero-order chi connectivity index (χ0) is 19.5. The number of non-ortho nitro benzene ring substituents is 1. The second-order valence-electron chi connectivity index (χ2n) is 6.91. The molecule has 0 unspecified atom stereocenters. The number of nitro groups is 1. The maximum Gasteiger partial charge on any atom is 0.271 e. The van der Waals surface area contributed by atoms with Crippen molar-refractivity contribution in [1.82, 2.24) is 0 Å². The van der Waals surface area contributed by atoms with Gasteiger partial charge in [-0.25, -0.2) is 8.42 Å². The van der Waals surface area contributed by atoms with Crippen molar-refractivity contribution in [3.8, 4) is 11.5 Å². The van der Waals surface area contributed by atoms with E-state index >= 15 is 0 Å². The van der Waals surface area contributed by atoms with Crippen molar-refractivity contribution in [1.29, 1.82) is 0 Å². The summed E-state index contributed by atoms with van der Waals surface area (Å²) in [6.45, 7) is 8.03. The zero-order valence-electron chi connectivity index (χ0n) is 15.0. The van der Waals surface area contributed by atoms with Crippen LogP contribution < -0.4 is 4.72 Å². The molecule has 2 aromatic rings. The van der Waals surface area contributed by atoms with Gasteiger partial charge in [-0.3, -0.25) is 14.8 Å². The van der Waals surface area contributed by atoms with Crippen LogP contribution in [-0.4, -0.2) is 21.4 Å². The number of nitrogens with one attached hydrogen (secondary N) is 1. The van der Waals surface area contributed by atoms with Crippen LogP contribution >= 0.6 is 0 Å². The van der Waals surface area contributed by atoms with Crippen LogP contribution in [-0.2, 0) is 10.0 Å². The Morgan fingerprint density at radius 2 is 1.69 bits per heavy atom. The maximum absolute atomic E-state index is 12.6. The van der Waals surface area contributed by atoms with E-state index in [-0.39, 0.29) is 16.3 Å². The van der Waals surface area contributed by atoms with Gasteiger partial charge in [0.25, 0.3) is 15.7 Å². The van der Waals surface area contributed by atoms with Crippen LogP contribution in [0.4, 0.5) is 11.4 Å². The van der Waals surface area contributed by atoms with Crippen LogP contribution in [0, 0.1) is 28.5 Å². The Hall–Kier alpha value is -2.63. The van der Waals surface area contributed by atoms with Crippen molar-refractivity contribution in [3.05, 3.63) is 63.7 Å². The van der Waals surface area contributed by atoms with E-state index in [0.717, 1.165) is 5.56 Å². The van der Waals surface area contributed by atoms with Crippen LogP contribution in [0.25, 0.3) is 0 Å². The SMILES string of the molecule is Cc1ccc(S(=O)(=O)Nc2cc([N+](=O)[O-])ccc2C#C[Si](C)(C)C)cc1. The first-order valence-electron chi connectivity index (χ1n) is 7.89. The second kappa shape index (κ2) is 7.31. The largest absolute Gasteiger partial charge is 0.278 e. The Balaban J connectivity index is 2.51. The Morgan fingerprint density at radius 3 is 2.23 bits per heavy atom. The monoisotopic (exact) mass is 388 g/mol. The number of anilines is 1. The summed E-state index contributed by atoms with van der Waals surface area (Å²) in [5, 5.41) is 11.1. The van der Waals surface area contributed by atoms with Gasteiger partial charge < -0.3 is 0 Å². The molecule has 0 fully saturated rings. The first-order valence-corrected chi connectivity index (χ1v) is 12.9. The molecule has 2 aromatic carbocycles. The highest BCUT2D eigenvalue weighted by atomic mass is 32.2. The number of hydrogen-bond donors (Lipinski definition) is 1. The molecular weight excluding hydrogens is 368 g/mol. The minimum atomic E-state index is -3.88. The van der Waals surface area contributed by atoms with Gasteiger partial charge in [0.2, 0.25) is 0 Å².